The van der Waals surface area contributed by atoms with Crippen molar-refractivity contribution in [3.8, 4) is 11.5 Å². The summed E-state index contributed by atoms with van der Waals surface area (Å²) < 4.78 is 24.3. The van der Waals surface area contributed by atoms with Crippen molar-refractivity contribution in [2.24, 2.45) is 0 Å². The number of hydrogen-bond acceptors (Lipinski definition) is 3. The molecule has 19 heavy (non-hydrogen) atoms. The molecule has 0 aliphatic rings. The Hall–Kier alpha value is -0.590. The zero-order valence-corrected chi connectivity index (χ0v) is 14.2. The highest BCUT2D eigenvalue weighted by atomic mass is 79.9. The molecular weight excluding hydrogens is 399 g/mol. The predicted molar refractivity (Wildman–Crippen MR) is 82.3 cm³/mol. The van der Waals surface area contributed by atoms with Crippen LogP contribution in [0.3, 0.4) is 0 Å². The second-order valence-corrected chi connectivity index (χ2v) is 6.47. The molecule has 0 amide bonds. The minimum atomic E-state index is -0.343. The van der Waals surface area contributed by atoms with Crippen molar-refractivity contribution in [3.05, 3.63) is 44.3 Å². The summed E-state index contributed by atoms with van der Waals surface area (Å²) >= 11 is 8.38. The van der Waals surface area contributed by atoms with Crippen molar-refractivity contribution in [2.75, 3.05) is 14.2 Å². The maximum atomic E-state index is 13.5. The Balaban J connectivity index is 2.42. The number of rotatable bonds is 4. The van der Waals surface area contributed by atoms with Crippen LogP contribution < -0.4 is 9.47 Å². The zero-order valence-electron chi connectivity index (χ0n) is 10.2. The van der Waals surface area contributed by atoms with Gasteiger partial charge in [0.1, 0.15) is 17.3 Å². The van der Waals surface area contributed by atoms with Gasteiger partial charge in [0.05, 0.1) is 23.5 Å². The molecule has 1 heterocycles. The van der Waals surface area contributed by atoms with E-state index in [4.69, 9.17) is 9.47 Å². The normalized spacial score (nSPS) is 12.3. The van der Waals surface area contributed by atoms with Crippen LogP contribution in [0.1, 0.15) is 15.3 Å². The lowest BCUT2D eigenvalue weighted by Crippen LogP contribution is -1.97. The summed E-state index contributed by atoms with van der Waals surface area (Å²) in [6, 6.07) is 5.04. The van der Waals surface area contributed by atoms with Crippen LogP contribution in [0.2, 0.25) is 0 Å². The average Bonchev–Trinajstić information content (AvgIpc) is 2.89. The zero-order chi connectivity index (χ0) is 14.0. The highest BCUT2D eigenvalue weighted by Crippen LogP contribution is 2.42. The fourth-order valence-corrected chi connectivity index (χ4v) is 3.67. The summed E-state index contributed by atoms with van der Waals surface area (Å²) in [6.45, 7) is 0. The summed E-state index contributed by atoms with van der Waals surface area (Å²) in [7, 11) is 3.16. The van der Waals surface area contributed by atoms with Gasteiger partial charge in [-0.15, -0.1) is 11.3 Å². The van der Waals surface area contributed by atoms with E-state index in [1.807, 2.05) is 11.4 Å². The first-order chi connectivity index (χ1) is 9.06. The maximum absolute atomic E-state index is 13.5. The second kappa shape index (κ2) is 6.24. The van der Waals surface area contributed by atoms with E-state index in [1.54, 1.807) is 24.5 Å². The van der Waals surface area contributed by atoms with Gasteiger partial charge < -0.3 is 9.47 Å². The molecule has 0 bridgehead atoms. The SMILES string of the molecule is COc1csc(C(Br)c2cc(Br)c(F)cc2OC)c1. The van der Waals surface area contributed by atoms with Crippen molar-refractivity contribution >= 4 is 43.2 Å². The van der Waals surface area contributed by atoms with Crippen molar-refractivity contribution < 1.29 is 13.9 Å². The van der Waals surface area contributed by atoms with E-state index in [1.165, 1.54) is 13.2 Å². The Morgan fingerprint density at radius 3 is 2.53 bits per heavy atom. The molecule has 2 rings (SSSR count). The monoisotopic (exact) mass is 408 g/mol. The highest BCUT2D eigenvalue weighted by molar-refractivity contribution is 9.10. The number of alkyl halides is 1. The van der Waals surface area contributed by atoms with Crippen LogP contribution >= 0.6 is 43.2 Å². The third-order valence-electron chi connectivity index (χ3n) is 2.63. The van der Waals surface area contributed by atoms with E-state index < -0.39 is 0 Å². The van der Waals surface area contributed by atoms with Gasteiger partial charge in [-0.05, 0) is 28.1 Å². The van der Waals surface area contributed by atoms with E-state index in [-0.39, 0.29) is 10.6 Å². The van der Waals surface area contributed by atoms with Crippen LogP contribution in [0.25, 0.3) is 0 Å². The molecule has 1 atom stereocenters. The quantitative estimate of drug-likeness (QED) is 0.650. The number of ether oxygens (including phenoxy) is 2. The van der Waals surface area contributed by atoms with E-state index in [2.05, 4.69) is 31.9 Å². The molecule has 0 N–H and O–H groups in total. The van der Waals surface area contributed by atoms with E-state index in [9.17, 15) is 4.39 Å². The first-order valence-electron chi connectivity index (χ1n) is 5.36. The topological polar surface area (TPSA) is 18.5 Å². The van der Waals surface area contributed by atoms with E-state index in [0.717, 1.165) is 16.2 Å². The maximum Gasteiger partial charge on any atom is 0.141 e. The van der Waals surface area contributed by atoms with Gasteiger partial charge in [-0.2, -0.15) is 0 Å². The molecule has 0 spiro atoms. The Morgan fingerprint density at radius 2 is 1.95 bits per heavy atom. The van der Waals surface area contributed by atoms with Gasteiger partial charge in [-0.25, -0.2) is 4.39 Å². The smallest absolute Gasteiger partial charge is 0.141 e. The number of halogens is 3. The second-order valence-electron chi connectivity index (χ2n) is 3.76. The lowest BCUT2D eigenvalue weighted by atomic mass is 10.1. The van der Waals surface area contributed by atoms with Crippen LogP contribution in [0.15, 0.2) is 28.1 Å². The minimum Gasteiger partial charge on any atom is -0.496 e. The average molecular weight is 410 g/mol. The van der Waals surface area contributed by atoms with Gasteiger partial charge in [0.2, 0.25) is 0 Å². The molecule has 1 unspecified atom stereocenters. The van der Waals surface area contributed by atoms with Gasteiger partial charge in [0.15, 0.2) is 0 Å². The van der Waals surface area contributed by atoms with Crippen LogP contribution in [0.5, 0.6) is 11.5 Å². The largest absolute Gasteiger partial charge is 0.496 e. The number of hydrogen-bond donors (Lipinski definition) is 0. The van der Waals surface area contributed by atoms with Crippen LogP contribution in [-0.2, 0) is 0 Å². The standard InChI is InChI=1S/C13H11Br2FO2S/c1-17-7-3-12(19-6-7)13(15)8-4-9(14)10(16)5-11(8)18-2/h3-6,13H,1-2H3. The molecule has 0 aliphatic heterocycles. The lowest BCUT2D eigenvalue weighted by molar-refractivity contribution is 0.406. The van der Waals surface area contributed by atoms with E-state index in [0.29, 0.717) is 10.2 Å². The predicted octanol–water partition coefficient (Wildman–Crippen LogP) is 5.15. The number of thiophene rings is 1. The van der Waals surface area contributed by atoms with E-state index >= 15 is 0 Å². The van der Waals surface area contributed by atoms with Crippen molar-refractivity contribution in [1.29, 1.82) is 0 Å². The molecule has 6 heteroatoms. The first-order valence-corrected chi connectivity index (χ1v) is 7.95. The highest BCUT2D eigenvalue weighted by Gasteiger charge is 2.19. The molecule has 1 aromatic carbocycles. The lowest BCUT2D eigenvalue weighted by Gasteiger charge is -2.14. The Kier molecular flexibility index (Phi) is 4.86. The van der Waals surface area contributed by atoms with Crippen LogP contribution in [0.4, 0.5) is 4.39 Å². The molecular formula is C13H11Br2FO2S. The summed E-state index contributed by atoms with van der Waals surface area (Å²) in [6.07, 6.45) is 0. The summed E-state index contributed by atoms with van der Waals surface area (Å²) in [5, 5.41) is 1.93. The van der Waals surface area contributed by atoms with Crippen molar-refractivity contribution in [1.82, 2.24) is 0 Å². The summed E-state index contributed by atoms with van der Waals surface area (Å²) in [5.74, 6) is 0.976. The Bertz CT molecular complexity index is 586. The third-order valence-corrected chi connectivity index (χ3v) is 5.50. The van der Waals surface area contributed by atoms with Gasteiger partial charge >= 0.3 is 0 Å². The fourth-order valence-electron chi connectivity index (χ4n) is 1.65. The third kappa shape index (κ3) is 3.12. The molecule has 0 saturated heterocycles. The summed E-state index contributed by atoms with van der Waals surface area (Å²) in [5.41, 5.74) is 0.861. The van der Waals surface area contributed by atoms with Crippen LogP contribution in [-0.4, -0.2) is 14.2 Å². The minimum absolute atomic E-state index is 0.0757. The van der Waals surface area contributed by atoms with Gasteiger partial charge in [0, 0.05) is 21.9 Å². The van der Waals surface area contributed by atoms with Crippen molar-refractivity contribution in [2.45, 2.75) is 4.83 Å². The fraction of sp³-hybridized carbons (Fsp3) is 0.231. The molecule has 0 fully saturated rings. The van der Waals surface area contributed by atoms with Gasteiger partial charge in [-0.1, -0.05) is 15.9 Å². The Morgan fingerprint density at radius 1 is 1.21 bits per heavy atom. The summed E-state index contributed by atoms with van der Waals surface area (Å²) in [4.78, 5) is 0.988. The molecule has 1 aromatic heterocycles. The molecule has 102 valence electrons. The van der Waals surface area contributed by atoms with Crippen molar-refractivity contribution in [3.63, 3.8) is 0 Å². The molecule has 0 saturated carbocycles. The Labute approximate surface area is 131 Å². The first kappa shape index (κ1) is 14.8. The van der Waals surface area contributed by atoms with Gasteiger partial charge in [0.25, 0.3) is 0 Å². The number of benzene rings is 1. The molecule has 0 radical (unpaired) electrons. The molecule has 0 aliphatic carbocycles. The van der Waals surface area contributed by atoms with Crippen LogP contribution in [0, 0.1) is 5.82 Å². The molecule has 2 aromatic rings. The van der Waals surface area contributed by atoms with Gasteiger partial charge in [-0.3, -0.25) is 0 Å². The number of methoxy groups -OCH3 is 2. The molecule has 2 nitrogen and oxygen atoms in total.